The third-order valence-corrected chi connectivity index (χ3v) is 4.77. The van der Waals surface area contributed by atoms with Crippen molar-refractivity contribution in [3.8, 4) is 0 Å². The zero-order valence-corrected chi connectivity index (χ0v) is 15.3. The van der Waals surface area contributed by atoms with Gasteiger partial charge in [-0.2, -0.15) is 0 Å². The van der Waals surface area contributed by atoms with E-state index in [4.69, 9.17) is 0 Å². The van der Waals surface area contributed by atoms with Crippen LogP contribution in [0.15, 0.2) is 36.9 Å². The molecule has 1 amide bonds. The molecule has 0 aromatic carbocycles. The lowest BCUT2D eigenvalue weighted by atomic mass is 9.93. The molecule has 2 aromatic rings. The van der Waals surface area contributed by atoms with Gasteiger partial charge in [-0.15, -0.1) is 0 Å². The molecule has 138 valence electrons. The Hall–Kier alpha value is -2.54. The molecule has 26 heavy (non-hydrogen) atoms. The molecule has 0 unspecified atom stereocenters. The van der Waals surface area contributed by atoms with E-state index in [1.54, 1.807) is 23.2 Å². The van der Waals surface area contributed by atoms with Gasteiger partial charge >= 0.3 is 0 Å². The Balaban J connectivity index is 1.56. The number of pyridine rings is 1. The predicted molar refractivity (Wildman–Crippen MR) is 97.4 cm³/mol. The number of rotatable bonds is 6. The van der Waals surface area contributed by atoms with Gasteiger partial charge in [-0.25, -0.2) is 4.98 Å². The second kappa shape index (κ2) is 8.23. The van der Waals surface area contributed by atoms with Crippen LogP contribution in [0, 0.1) is 5.92 Å². The normalized spacial score (nSPS) is 17.5. The van der Waals surface area contributed by atoms with Crippen molar-refractivity contribution in [3.05, 3.63) is 48.3 Å². The minimum atomic E-state index is -0.169. The average Bonchev–Trinajstić information content (AvgIpc) is 3.08. The molecule has 1 saturated heterocycles. The molecule has 0 radical (unpaired) electrons. The lowest BCUT2D eigenvalue weighted by Crippen LogP contribution is -2.46. The SMILES string of the molecule is CN(CC(=O)N1CCC[C@@H](C(=O)c2nccn2C)C1)Cc1cccnc1. The summed E-state index contributed by atoms with van der Waals surface area (Å²) >= 11 is 0. The van der Waals surface area contributed by atoms with Gasteiger partial charge in [-0.1, -0.05) is 6.07 Å². The van der Waals surface area contributed by atoms with E-state index in [9.17, 15) is 9.59 Å². The Morgan fingerprint density at radius 3 is 2.88 bits per heavy atom. The summed E-state index contributed by atoms with van der Waals surface area (Å²) in [6, 6.07) is 3.89. The molecule has 3 rings (SSSR count). The van der Waals surface area contributed by atoms with Crippen LogP contribution in [-0.2, 0) is 18.4 Å². The molecule has 0 bridgehead atoms. The lowest BCUT2D eigenvalue weighted by Gasteiger charge is -2.33. The second-order valence-corrected chi connectivity index (χ2v) is 6.94. The van der Waals surface area contributed by atoms with Crippen LogP contribution in [0.4, 0.5) is 0 Å². The van der Waals surface area contributed by atoms with E-state index in [0.717, 1.165) is 18.4 Å². The third kappa shape index (κ3) is 4.35. The van der Waals surface area contributed by atoms with Crippen LogP contribution in [0.2, 0.25) is 0 Å². The van der Waals surface area contributed by atoms with E-state index in [0.29, 0.717) is 32.0 Å². The fraction of sp³-hybridized carbons (Fsp3) is 0.474. The van der Waals surface area contributed by atoms with Crippen molar-refractivity contribution in [1.29, 1.82) is 0 Å². The van der Waals surface area contributed by atoms with Gasteiger partial charge in [0.2, 0.25) is 11.7 Å². The van der Waals surface area contributed by atoms with E-state index < -0.39 is 0 Å². The van der Waals surface area contributed by atoms with E-state index in [2.05, 4.69) is 9.97 Å². The molecule has 0 spiro atoms. The number of aryl methyl sites for hydroxylation is 1. The molecule has 3 heterocycles. The summed E-state index contributed by atoms with van der Waals surface area (Å²) in [6.07, 6.45) is 8.60. The van der Waals surface area contributed by atoms with Crippen LogP contribution < -0.4 is 0 Å². The summed E-state index contributed by atoms with van der Waals surface area (Å²) in [7, 11) is 3.74. The van der Waals surface area contributed by atoms with Gasteiger partial charge < -0.3 is 9.47 Å². The van der Waals surface area contributed by atoms with Crippen LogP contribution in [0.1, 0.15) is 29.0 Å². The lowest BCUT2D eigenvalue weighted by molar-refractivity contribution is -0.133. The number of ketones is 1. The summed E-state index contributed by atoms with van der Waals surface area (Å²) in [5.41, 5.74) is 1.07. The van der Waals surface area contributed by atoms with Crippen molar-refractivity contribution >= 4 is 11.7 Å². The van der Waals surface area contributed by atoms with Crippen molar-refractivity contribution in [3.63, 3.8) is 0 Å². The van der Waals surface area contributed by atoms with Crippen molar-refractivity contribution < 1.29 is 9.59 Å². The first kappa shape index (κ1) is 18.3. The third-order valence-electron chi connectivity index (χ3n) is 4.77. The molecule has 1 fully saturated rings. The summed E-state index contributed by atoms with van der Waals surface area (Å²) in [4.78, 5) is 37.4. The number of hydrogen-bond donors (Lipinski definition) is 0. The van der Waals surface area contributed by atoms with Gasteiger partial charge in [0.25, 0.3) is 0 Å². The van der Waals surface area contributed by atoms with Crippen LogP contribution in [0.25, 0.3) is 0 Å². The fourth-order valence-corrected chi connectivity index (χ4v) is 3.39. The summed E-state index contributed by atoms with van der Waals surface area (Å²) in [5.74, 6) is 0.392. The number of piperidine rings is 1. The number of aromatic nitrogens is 3. The number of carbonyl (C=O) groups is 2. The van der Waals surface area contributed by atoms with Crippen molar-refractivity contribution in [2.24, 2.45) is 13.0 Å². The van der Waals surface area contributed by atoms with Crippen molar-refractivity contribution in [2.45, 2.75) is 19.4 Å². The number of hydrogen-bond acceptors (Lipinski definition) is 5. The van der Waals surface area contributed by atoms with Gasteiger partial charge in [0, 0.05) is 57.4 Å². The molecular formula is C19H25N5O2. The second-order valence-electron chi connectivity index (χ2n) is 6.94. The van der Waals surface area contributed by atoms with E-state index in [1.165, 1.54) is 0 Å². The summed E-state index contributed by atoms with van der Waals surface area (Å²) in [6.45, 7) is 2.19. The first-order valence-electron chi connectivity index (χ1n) is 8.91. The molecule has 1 aliphatic rings. The molecule has 0 aliphatic carbocycles. The summed E-state index contributed by atoms with van der Waals surface area (Å²) in [5, 5.41) is 0. The number of likely N-dealkylation sites (tertiary alicyclic amines) is 1. The van der Waals surface area contributed by atoms with Gasteiger partial charge in [0.05, 0.1) is 6.54 Å². The van der Waals surface area contributed by atoms with Crippen LogP contribution in [0.5, 0.6) is 0 Å². The van der Waals surface area contributed by atoms with Crippen molar-refractivity contribution in [2.75, 3.05) is 26.7 Å². The predicted octanol–water partition coefficient (Wildman–Crippen LogP) is 1.37. The Kier molecular flexibility index (Phi) is 5.78. The molecule has 1 atom stereocenters. The maximum absolute atomic E-state index is 12.7. The highest BCUT2D eigenvalue weighted by Gasteiger charge is 2.30. The highest BCUT2D eigenvalue weighted by Crippen LogP contribution is 2.20. The van der Waals surface area contributed by atoms with Gasteiger partial charge in [-0.05, 0) is 31.5 Å². The van der Waals surface area contributed by atoms with Crippen LogP contribution in [-0.4, -0.2) is 62.7 Å². The molecule has 0 saturated carbocycles. The fourth-order valence-electron chi connectivity index (χ4n) is 3.39. The van der Waals surface area contributed by atoms with E-state index >= 15 is 0 Å². The van der Waals surface area contributed by atoms with Crippen LogP contribution >= 0.6 is 0 Å². The molecular weight excluding hydrogens is 330 g/mol. The first-order valence-corrected chi connectivity index (χ1v) is 8.91. The maximum atomic E-state index is 12.7. The molecule has 7 heteroatoms. The minimum Gasteiger partial charge on any atom is -0.341 e. The standard InChI is InChI=1S/C19H25N5O2/c1-22(12-15-5-3-7-20-11-15)14-17(25)24-9-4-6-16(13-24)18(26)19-21-8-10-23(19)2/h3,5,7-8,10-11,16H,4,6,9,12-14H2,1-2H3/t16-/m1/s1. The molecule has 1 aliphatic heterocycles. The first-order chi connectivity index (χ1) is 12.5. The number of carbonyl (C=O) groups excluding carboxylic acids is 2. The summed E-state index contributed by atoms with van der Waals surface area (Å²) < 4.78 is 1.74. The molecule has 7 nitrogen and oxygen atoms in total. The van der Waals surface area contributed by atoms with Crippen molar-refractivity contribution in [1.82, 2.24) is 24.3 Å². The van der Waals surface area contributed by atoms with E-state index in [1.807, 2.05) is 42.2 Å². The zero-order chi connectivity index (χ0) is 18.5. The maximum Gasteiger partial charge on any atom is 0.236 e. The van der Waals surface area contributed by atoms with Gasteiger partial charge in [-0.3, -0.25) is 19.5 Å². The highest BCUT2D eigenvalue weighted by molar-refractivity contribution is 5.95. The smallest absolute Gasteiger partial charge is 0.236 e. The Morgan fingerprint density at radius 2 is 2.19 bits per heavy atom. The van der Waals surface area contributed by atoms with E-state index in [-0.39, 0.29) is 17.6 Å². The number of nitrogens with zero attached hydrogens (tertiary/aromatic N) is 5. The molecule has 2 aromatic heterocycles. The Morgan fingerprint density at radius 1 is 1.35 bits per heavy atom. The number of Topliss-reactive ketones (excluding diaryl/α,β-unsaturated/α-hetero) is 1. The van der Waals surface area contributed by atoms with Crippen LogP contribution in [0.3, 0.4) is 0 Å². The zero-order valence-electron chi connectivity index (χ0n) is 15.3. The van der Waals surface area contributed by atoms with Gasteiger partial charge in [0.1, 0.15) is 0 Å². The quantitative estimate of drug-likeness (QED) is 0.732. The largest absolute Gasteiger partial charge is 0.341 e. The minimum absolute atomic E-state index is 0.0266. The van der Waals surface area contributed by atoms with Gasteiger partial charge in [0.15, 0.2) is 5.82 Å². The number of likely N-dealkylation sites (N-methyl/N-ethyl adjacent to an activating group) is 1. The molecule has 0 N–H and O–H groups in total. The Bertz CT molecular complexity index is 758. The highest BCUT2D eigenvalue weighted by atomic mass is 16.2. The average molecular weight is 355 g/mol. The monoisotopic (exact) mass is 355 g/mol. The topological polar surface area (TPSA) is 71.3 Å². The number of imidazole rings is 1. The number of amides is 1. The Labute approximate surface area is 153 Å².